The maximum Gasteiger partial charge on any atom is 0.134 e. The Hall–Kier alpha value is -1.10. The standard InChI is InChI=1S/C20H31NO3/c1-13-5-6-14(2)16(11-13)17-18(22)20(21-19(17)24-4)9-7-15(8-10-20)12-23-3/h5-6,15-16,19,21-22H,7-12H2,1-4H3. The fourth-order valence-electron chi connectivity index (χ4n) is 4.58. The van der Waals surface area contributed by atoms with Crippen LogP contribution in [0.25, 0.3) is 0 Å². The van der Waals surface area contributed by atoms with Crippen LogP contribution in [0.2, 0.25) is 0 Å². The van der Waals surface area contributed by atoms with E-state index < -0.39 is 0 Å². The third kappa shape index (κ3) is 3.07. The zero-order chi connectivity index (χ0) is 17.3. The average Bonchev–Trinajstić information content (AvgIpc) is 2.85. The van der Waals surface area contributed by atoms with E-state index in [1.165, 1.54) is 11.1 Å². The molecule has 3 aliphatic rings. The van der Waals surface area contributed by atoms with E-state index in [0.717, 1.165) is 44.3 Å². The van der Waals surface area contributed by atoms with Gasteiger partial charge in [0.15, 0.2) is 0 Å². The van der Waals surface area contributed by atoms with E-state index in [-0.39, 0.29) is 17.7 Å². The summed E-state index contributed by atoms with van der Waals surface area (Å²) in [6.07, 6.45) is 9.17. The number of aliphatic hydroxyl groups is 1. The minimum absolute atomic E-state index is 0.191. The highest BCUT2D eigenvalue weighted by Gasteiger charge is 2.49. The molecule has 0 aromatic carbocycles. The first kappa shape index (κ1) is 17.7. The van der Waals surface area contributed by atoms with Crippen molar-refractivity contribution in [2.45, 2.75) is 57.7 Å². The highest BCUT2D eigenvalue weighted by molar-refractivity contribution is 5.40. The number of allylic oxidation sites excluding steroid dienone is 4. The number of methoxy groups -OCH3 is 2. The van der Waals surface area contributed by atoms with Gasteiger partial charge in [0.05, 0.1) is 5.54 Å². The normalized spacial score (nSPS) is 36.9. The van der Waals surface area contributed by atoms with Crippen molar-refractivity contribution in [3.63, 3.8) is 0 Å². The Balaban J connectivity index is 1.86. The molecule has 134 valence electrons. The van der Waals surface area contributed by atoms with Gasteiger partial charge in [0.2, 0.25) is 0 Å². The van der Waals surface area contributed by atoms with Crippen molar-refractivity contribution in [1.82, 2.24) is 5.32 Å². The molecule has 0 amide bonds. The molecule has 2 N–H and O–H groups in total. The molecule has 1 saturated carbocycles. The van der Waals surface area contributed by atoms with Gasteiger partial charge in [-0.15, -0.1) is 0 Å². The van der Waals surface area contributed by atoms with Gasteiger partial charge >= 0.3 is 0 Å². The highest BCUT2D eigenvalue weighted by atomic mass is 16.5. The summed E-state index contributed by atoms with van der Waals surface area (Å²) in [7, 11) is 3.49. The van der Waals surface area contributed by atoms with Gasteiger partial charge in [-0.25, -0.2) is 0 Å². The van der Waals surface area contributed by atoms with Crippen LogP contribution in [0.1, 0.15) is 46.0 Å². The van der Waals surface area contributed by atoms with Crippen LogP contribution < -0.4 is 5.32 Å². The summed E-state index contributed by atoms with van der Waals surface area (Å²) < 4.78 is 11.0. The zero-order valence-corrected chi connectivity index (χ0v) is 15.4. The Bertz CT molecular complexity index is 567. The average molecular weight is 333 g/mol. The maximum absolute atomic E-state index is 11.2. The Kier molecular flexibility index (Phi) is 5.19. The zero-order valence-electron chi connectivity index (χ0n) is 15.4. The van der Waals surface area contributed by atoms with Crippen molar-refractivity contribution in [3.8, 4) is 0 Å². The molecule has 4 heteroatoms. The molecular weight excluding hydrogens is 302 g/mol. The Morgan fingerprint density at radius 3 is 2.54 bits per heavy atom. The first-order chi connectivity index (χ1) is 11.5. The number of hydrogen-bond acceptors (Lipinski definition) is 4. The van der Waals surface area contributed by atoms with Crippen LogP contribution in [0.4, 0.5) is 0 Å². The number of rotatable bonds is 4. The van der Waals surface area contributed by atoms with E-state index in [4.69, 9.17) is 9.47 Å². The summed E-state index contributed by atoms with van der Waals surface area (Å²) in [6, 6.07) is 0. The predicted molar refractivity (Wildman–Crippen MR) is 95.8 cm³/mol. The van der Waals surface area contributed by atoms with E-state index in [9.17, 15) is 5.11 Å². The van der Waals surface area contributed by atoms with Gasteiger partial charge in [-0.1, -0.05) is 23.3 Å². The van der Waals surface area contributed by atoms with Crippen LogP contribution in [-0.4, -0.2) is 37.7 Å². The van der Waals surface area contributed by atoms with Gasteiger partial charge in [0.1, 0.15) is 12.0 Å². The molecule has 1 fully saturated rings. The van der Waals surface area contributed by atoms with Crippen LogP contribution in [0.15, 0.2) is 34.6 Å². The molecule has 0 radical (unpaired) electrons. The fraction of sp³-hybridized carbons (Fsp3) is 0.700. The molecule has 0 aromatic rings. The predicted octanol–water partition coefficient (Wildman–Crippen LogP) is 3.86. The lowest BCUT2D eigenvalue weighted by molar-refractivity contribution is 0.0587. The second-order valence-corrected chi connectivity index (χ2v) is 7.73. The molecule has 2 aliphatic carbocycles. The van der Waals surface area contributed by atoms with Gasteiger partial charge in [-0.2, -0.15) is 0 Å². The smallest absolute Gasteiger partial charge is 0.134 e. The van der Waals surface area contributed by atoms with Crippen molar-refractivity contribution < 1.29 is 14.6 Å². The lowest BCUT2D eigenvalue weighted by atomic mass is 9.74. The number of ether oxygens (including phenoxy) is 2. The third-order valence-corrected chi connectivity index (χ3v) is 6.10. The molecular formula is C20H31NO3. The van der Waals surface area contributed by atoms with Crippen LogP contribution in [0.5, 0.6) is 0 Å². The minimum atomic E-state index is -0.310. The first-order valence-electron chi connectivity index (χ1n) is 9.07. The second-order valence-electron chi connectivity index (χ2n) is 7.73. The summed E-state index contributed by atoms with van der Waals surface area (Å²) in [5.74, 6) is 1.38. The Labute approximate surface area is 145 Å². The van der Waals surface area contributed by atoms with Crippen LogP contribution in [0, 0.1) is 11.8 Å². The van der Waals surface area contributed by atoms with E-state index >= 15 is 0 Å². The quantitative estimate of drug-likeness (QED) is 0.820. The van der Waals surface area contributed by atoms with Gasteiger partial charge in [-0.05, 0) is 51.9 Å². The van der Waals surface area contributed by atoms with Gasteiger partial charge < -0.3 is 14.6 Å². The molecule has 0 aromatic heterocycles. The van der Waals surface area contributed by atoms with Crippen molar-refractivity contribution in [3.05, 3.63) is 34.6 Å². The maximum atomic E-state index is 11.2. The summed E-state index contributed by atoms with van der Waals surface area (Å²) >= 11 is 0. The highest BCUT2D eigenvalue weighted by Crippen LogP contribution is 2.46. The molecule has 2 atom stereocenters. The Morgan fingerprint density at radius 1 is 1.21 bits per heavy atom. The van der Waals surface area contributed by atoms with Crippen LogP contribution in [-0.2, 0) is 9.47 Å². The first-order valence-corrected chi connectivity index (χ1v) is 9.07. The molecule has 0 saturated heterocycles. The number of aliphatic hydroxyl groups excluding tert-OH is 1. The van der Waals surface area contributed by atoms with Crippen molar-refractivity contribution >= 4 is 0 Å². The van der Waals surface area contributed by atoms with Gasteiger partial charge in [-0.3, -0.25) is 5.32 Å². The summed E-state index contributed by atoms with van der Waals surface area (Å²) in [5.41, 5.74) is 3.39. The monoisotopic (exact) mass is 333 g/mol. The largest absolute Gasteiger partial charge is 0.510 e. The molecule has 3 rings (SSSR count). The Morgan fingerprint density at radius 2 is 1.92 bits per heavy atom. The van der Waals surface area contributed by atoms with Crippen molar-refractivity contribution in [2.75, 3.05) is 20.8 Å². The molecule has 0 bridgehead atoms. The third-order valence-electron chi connectivity index (χ3n) is 6.10. The number of hydrogen-bond donors (Lipinski definition) is 2. The lowest BCUT2D eigenvalue weighted by Crippen LogP contribution is -2.49. The van der Waals surface area contributed by atoms with E-state index in [1.54, 1.807) is 14.2 Å². The molecule has 24 heavy (non-hydrogen) atoms. The molecule has 1 aliphatic heterocycles. The van der Waals surface area contributed by atoms with E-state index in [2.05, 4.69) is 31.3 Å². The van der Waals surface area contributed by atoms with E-state index in [0.29, 0.717) is 11.7 Å². The summed E-state index contributed by atoms with van der Waals surface area (Å²) in [4.78, 5) is 0. The summed E-state index contributed by atoms with van der Waals surface area (Å²) in [6.45, 7) is 5.13. The minimum Gasteiger partial charge on any atom is -0.510 e. The van der Waals surface area contributed by atoms with Crippen LogP contribution in [0.3, 0.4) is 0 Å². The van der Waals surface area contributed by atoms with Gasteiger partial charge in [0, 0.05) is 32.3 Å². The fourth-order valence-corrected chi connectivity index (χ4v) is 4.58. The van der Waals surface area contributed by atoms with Crippen molar-refractivity contribution in [1.29, 1.82) is 0 Å². The van der Waals surface area contributed by atoms with E-state index in [1.807, 2.05) is 0 Å². The number of nitrogens with one attached hydrogen (secondary N) is 1. The SMILES string of the molecule is COCC1CCC2(CC1)NC(OC)C(C1CC(C)=CC=C1C)=C2O. The van der Waals surface area contributed by atoms with Crippen molar-refractivity contribution in [2.24, 2.45) is 11.8 Å². The lowest BCUT2D eigenvalue weighted by Gasteiger charge is -2.38. The summed E-state index contributed by atoms with van der Waals surface area (Å²) in [5, 5.41) is 14.8. The molecule has 1 spiro atoms. The topological polar surface area (TPSA) is 50.7 Å². The second kappa shape index (κ2) is 7.03. The molecule has 1 heterocycles. The van der Waals surface area contributed by atoms with Gasteiger partial charge in [0.25, 0.3) is 0 Å². The molecule has 4 nitrogen and oxygen atoms in total. The van der Waals surface area contributed by atoms with Crippen LogP contribution >= 0.6 is 0 Å². The molecule has 2 unspecified atom stereocenters.